The van der Waals surface area contributed by atoms with Crippen molar-refractivity contribution in [3.05, 3.63) is 30.1 Å². The monoisotopic (exact) mass is 278 g/mol. The fraction of sp³-hybridized carbons (Fsp3) is 0.647. The Morgan fingerprint density at radius 3 is 2.30 bits per heavy atom. The van der Waals surface area contributed by atoms with Crippen LogP contribution in [0.5, 0.6) is 0 Å². The molecular weight excluding hydrogens is 251 g/mol. The molecule has 20 heavy (non-hydrogen) atoms. The predicted molar refractivity (Wildman–Crippen MR) is 83.7 cm³/mol. The smallest absolute Gasteiger partial charge is 0.123 e. The van der Waals surface area contributed by atoms with Gasteiger partial charge < -0.3 is 10.2 Å². The van der Waals surface area contributed by atoms with Gasteiger partial charge in [-0.05, 0) is 55.4 Å². The van der Waals surface area contributed by atoms with Crippen LogP contribution in [-0.2, 0) is 0 Å². The molecule has 0 atom stereocenters. The molecule has 1 saturated carbocycles. The van der Waals surface area contributed by atoms with Gasteiger partial charge in [-0.3, -0.25) is 0 Å². The van der Waals surface area contributed by atoms with Crippen LogP contribution in [0.1, 0.15) is 39.5 Å². The zero-order valence-corrected chi connectivity index (χ0v) is 13.0. The van der Waals surface area contributed by atoms with Gasteiger partial charge in [0.25, 0.3) is 0 Å². The summed E-state index contributed by atoms with van der Waals surface area (Å²) in [5.74, 6) is -0.171. The lowest BCUT2D eigenvalue weighted by molar-refractivity contribution is 0.254. The molecule has 1 N–H and O–H groups in total. The Kier molecular flexibility index (Phi) is 5.03. The first kappa shape index (κ1) is 15.3. The Balaban J connectivity index is 1.99. The van der Waals surface area contributed by atoms with Gasteiger partial charge in [0.05, 0.1) is 0 Å². The molecule has 2 nitrogen and oxygen atoms in total. The zero-order chi connectivity index (χ0) is 14.6. The topological polar surface area (TPSA) is 15.3 Å². The highest BCUT2D eigenvalue weighted by Gasteiger charge is 2.31. The van der Waals surface area contributed by atoms with E-state index in [1.165, 1.54) is 25.0 Å². The van der Waals surface area contributed by atoms with Crippen LogP contribution in [0.15, 0.2) is 24.3 Å². The van der Waals surface area contributed by atoms with E-state index >= 15 is 0 Å². The van der Waals surface area contributed by atoms with Crippen molar-refractivity contribution in [1.82, 2.24) is 5.32 Å². The number of nitrogens with one attached hydrogen (secondary N) is 1. The molecule has 0 amide bonds. The summed E-state index contributed by atoms with van der Waals surface area (Å²) in [4.78, 5) is 2.25. The van der Waals surface area contributed by atoms with E-state index in [4.69, 9.17) is 0 Å². The Morgan fingerprint density at radius 2 is 1.80 bits per heavy atom. The van der Waals surface area contributed by atoms with Gasteiger partial charge in [0, 0.05) is 31.9 Å². The van der Waals surface area contributed by atoms with Gasteiger partial charge in [-0.1, -0.05) is 13.8 Å². The minimum absolute atomic E-state index is 0.171. The molecule has 0 unspecified atom stereocenters. The molecule has 2 rings (SSSR count). The van der Waals surface area contributed by atoms with Crippen LogP contribution in [0.25, 0.3) is 0 Å². The Bertz CT molecular complexity index is 408. The minimum Gasteiger partial charge on any atom is -0.374 e. The average Bonchev–Trinajstić information content (AvgIpc) is 3.28. The van der Waals surface area contributed by atoms with Crippen LogP contribution in [-0.4, -0.2) is 26.2 Å². The summed E-state index contributed by atoms with van der Waals surface area (Å²) in [6.45, 7) is 6.63. The van der Waals surface area contributed by atoms with E-state index in [2.05, 4.69) is 31.1 Å². The summed E-state index contributed by atoms with van der Waals surface area (Å²) in [6, 6.07) is 7.55. The number of hydrogen-bond donors (Lipinski definition) is 1. The maximum Gasteiger partial charge on any atom is 0.123 e. The standard InChI is InChI=1S/C17H27FN2/c1-4-17(5-2,12-19-15-8-9-15)13-20(3)16-10-6-14(18)7-11-16/h6-7,10-11,15,19H,4-5,8-9,12-13H2,1-3H3. The molecule has 0 radical (unpaired) electrons. The summed E-state index contributed by atoms with van der Waals surface area (Å²) in [6.07, 6.45) is 4.98. The normalized spacial score (nSPS) is 15.4. The maximum atomic E-state index is 13.0. The molecule has 1 aromatic carbocycles. The first-order chi connectivity index (χ1) is 9.58. The molecule has 1 fully saturated rings. The third-order valence-electron chi connectivity index (χ3n) is 4.68. The lowest BCUT2D eigenvalue weighted by Gasteiger charge is -2.37. The van der Waals surface area contributed by atoms with Gasteiger partial charge in [-0.25, -0.2) is 4.39 Å². The number of hydrogen-bond acceptors (Lipinski definition) is 2. The third-order valence-corrected chi connectivity index (χ3v) is 4.68. The SMILES string of the molecule is CCC(CC)(CNC1CC1)CN(C)c1ccc(F)cc1. The van der Waals surface area contributed by atoms with Gasteiger partial charge in [0.1, 0.15) is 5.82 Å². The van der Waals surface area contributed by atoms with E-state index in [1.807, 2.05) is 12.1 Å². The second-order valence-electron chi connectivity index (χ2n) is 6.19. The van der Waals surface area contributed by atoms with Crippen LogP contribution < -0.4 is 10.2 Å². The highest BCUT2D eigenvalue weighted by molar-refractivity contribution is 5.45. The summed E-state index contributed by atoms with van der Waals surface area (Å²) in [5, 5.41) is 3.68. The number of rotatable bonds is 8. The van der Waals surface area contributed by atoms with Crippen LogP contribution >= 0.6 is 0 Å². The summed E-state index contributed by atoms with van der Waals surface area (Å²) >= 11 is 0. The molecule has 0 aliphatic heterocycles. The summed E-state index contributed by atoms with van der Waals surface area (Å²) < 4.78 is 13.0. The molecule has 1 aliphatic rings. The highest BCUT2D eigenvalue weighted by Crippen LogP contribution is 2.30. The summed E-state index contributed by atoms with van der Waals surface area (Å²) in [7, 11) is 2.10. The number of benzene rings is 1. The molecule has 0 heterocycles. The van der Waals surface area contributed by atoms with Gasteiger partial charge in [0.2, 0.25) is 0 Å². The van der Waals surface area contributed by atoms with E-state index in [0.717, 1.165) is 37.7 Å². The fourth-order valence-corrected chi connectivity index (χ4v) is 2.72. The Hall–Kier alpha value is -1.09. The van der Waals surface area contributed by atoms with E-state index in [1.54, 1.807) is 0 Å². The molecule has 0 saturated heterocycles. The van der Waals surface area contributed by atoms with Crippen LogP contribution in [0.3, 0.4) is 0 Å². The van der Waals surface area contributed by atoms with Crippen molar-refractivity contribution in [3.8, 4) is 0 Å². The molecule has 0 bridgehead atoms. The molecule has 3 heteroatoms. The van der Waals surface area contributed by atoms with Gasteiger partial charge >= 0.3 is 0 Å². The largest absolute Gasteiger partial charge is 0.374 e. The molecule has 112 valence electrons. The second kappa shape index (κ2) is 6.57. The minimum atomic E-state index is -0.171. The number of halogens is 1. The third kappa shape index (κ3) is 3.95. The lowest BCUT2D eigenvalue weighted by Crippen LogP contribution is -2.43. The average molecular weight is 278 g/mol. The number of anilines is 1. The van der Waals surface area contributed by atoms with Crippen molar-refractivity contribution in [3.63, 3.8) is 0 Å². The van der Waals surface area contributed by atoms with Crippen LogP contribution in [0.4, 0.5) is 10.1 Å². The van der Waals surface area contributed by atoms with Gasteiger partial charge in [-0.15, -0.1) is 0 Å². The van der Waals surface area contributed by atoms with Gasteiger partial charge in [0.15, 0.2) is 0 Å². The first-order valence-electron chi connectivity index (χ1n) is 7.78. The molecular formula is C17H27FN2. The predicted octanol–water partition coefficient (Wildman–Crippen LogP) is 3.82. The quantitative estimate of drug-likeness (QED) is 0.777. The summed E-state index contributed by atoms with van der Waals surface area (Å²) in [5.41, 5.74) is 1.38. The zero-order valence-electron chi connectivity index (χ0n) is 13.0. The van der Waals surface area contributed by atoms with E-state index < -0.39 is 0 Å². The molecule has 0 aromatic heterocycles. The number of nitrogens with zero attached hydrogens (tertiary/aromatic N) is 1. The van der Waals surface area contributed by atoms with E-state index in [0.29, 0.717) is 5.41 Å². The lowest BCUT2D eigenvalue weighted by atomic mass is 9.81. The van der Waals surface area contributed by atoms with Crippen molar-refractivity contribution >= 4 is 5.69 Å². The van der Waals surface area contributed by atoms with Crippen molar-refractivity contribution in [2.45, 2.75) is 45.6 Å². The van der Waals surface area contributed by atoms with Crippen molar-refractivity contribution in [2.75, 3.05) is 25.0 Å². The Morgan fingerprint density at radius 1 is 1.20 bits per heavy atom. The molecule has 0 spiro atoms. The van der Waals surface area contributed by atoms with E-state index in [-0.39, 0.29) is 5.82 Å². The van der Waals surface area contributed by atoms with Crippen molar-refractivity contribution in [1.29, 1.82) is 0 Å². The van der Waals surface area contributed by atoms with Crippen LogP contribution in [0.2, 0.25) is 0 Å². The Labute approximate surface area is 122 Å². The molecule has 1 aliphatic carbocycles. The van der Waals surface area contributed by atoms with Gasteiger partial charge in [-0.2, -0.15) is 0 Å². The fourth-order valence-electron chi connectivity index (χ4n) is 2.72. The van der Waals surface area contributed by atoms with Crippen molar-refractivity contribution < 1.29 is 4.39 Å². The maximum absolute atomic E-state index is 13.0. The molecule has 1 aromatic rings. The highest BCUT2D eigenvalue weighted by atomic mass is 19.1. The second-order valence-corrected chi connectivity index (χ2v) is 6.19. The first-order valence-corrected chi connectivity index (χ1v) is 7.78. The van der Waals surface area contributed by atoms with Crippen LogP contribution in [0, 0.1) is 11.2 Å². The van der Waals surface area contributed by atoms with Crippen molar-refractivity contribution in [2.24, 2.45) is 5.41 Å². The van der Waals surface area contributed by atoms with E-state index in [9.17, 15) is 4.39 Å².